The zero-order valence-electron chi connectivity index (χ0n) is 9.50. The van der Waals surface area contributed by atoms with Gasteiger partial charge >= 0.3 is 0 Å². The van der Waals surface area contributed by atoms with Crippen molar-refractivity contribution in [2.45, 2.75) is 6.04 Å². The largest absolute Gasteiger partial charge is 0.323 e. The van der Waals surface area contributed by atoms with Crippen molar-refractivity contribution in [1.29, 1.82) is 0 Å². The van der Waals surface area contributed by atoms with Gasteiger partial charge in [-0.2, -0.15) is 0 Å². The molecule has 0 saturated carbocycles. The van der Waals surface area contributed by atoms with E-state index in [0.29, 0.717) is 0 Å². The fourth-order valence-electron chi connectivity index (χ4n) is 1.85. The van der Waals surface area contributed by atoms with E-state index >= 15 is 0 Å². The summed E-state index contributed by atoms with van der Waals surface area (Å²) in [6.07, 6.45) is 4.57. The molecule has 0 saturated heterocycles. The van der Waals surface area contributed by atoms with Crippen LogP contribution in [0.15, 0.2) is 36.7 Å². The van der Waals surface area contributed by atoms with Gasteiger partial charge < -0.3 is 5.73 Å². The highest BCUT2D eigenvalue weighted by atomic mass is 32.2. The number of sulfone groups is 1. The number of hydrogen-bond donors (Lipinski definition) is 1. The number of nitrogens with two attached hydrogens (primary N) is 1. The third kappa shape index (κ3) is 2.81. The monoisotopic (exact) mass is 250 g/mol. The SMILES string of the molecule is CS(=O)(=O)CC(N)c1cncc2ccccc12. The smallest absolute Gasteiger partial charge is 0.149 e. The van der Waals surface area contributed by atoms with Crippen LogP contribution in [0, 0.1) is 0 Å². The average Bonchev–Trinajstić information content (AvgIpc) is 2.26. The zero-order valence-corrected chi connectivity index (χ0v) is 10.3. The number of hydrogen-bond acceptors (Lipinski definition) is 4. The number of rotatable bonds is 3. The number of fused-ring (bicyclic) bond motifs is 1. The second-order valence-electron chi connectivity index (χ2n) is 4.15. The van der Waals surface area contributed by atoms with Crippen molar-refractivity contribution in [2.24, 2.45) is 5.73 Å². The molecule has 1 aromatic carbocycles. The number of benzene rings is 1. The first kappa shape index (κ1) is 12.0. The van der Waals surface area contributed by atoms with E-state index in [4.69, 9.17) is 5.73 Å². The van der Waals surface area contributed by atoms with Crippen LogP contribution in [0.4, 0.5) is 0 Å². The normalized spacial score (nSPS) is 13.8. The molecular weight excluding hydrogens is 236 g/mol. The highest BCUT2D eigenvalue weighted by molar-refractivity contribution is 7.90. The van der Waals surface area contributed by atoms with Crippen LogP contribution < -0.4 is 5.73 Å². The minimum absolute atomic E-state index is 0.0668. The fourth-order valence-corrected chi connectivity index (χ4v) is 2.68. The van der Waals surface area contributed by atoms with E-state index in [2.05, 4.69) is 4.98 Å². The first-order valence-electron chi connectivity index (χ1n) is 5.23. The minimum Gasteiger partial charge on any atom is -0.323 e. The molecule has 5 heteroatoms. The third-order valence-corrected chi connectivity index (χ3v) is 3.55. The van der Waals surface area contributed by atoms with Gasteiger partial charge in [-0.25, -0.2) is 8.42 Å². The molecule has 1 atom stereocenters. The first-order valence-corrected chi connectivity index (χ1v) is 7.29. The molecule has 2 N–H and O–H groups in total. The van der Waals surface area contributed by atoms with Gasteiger partial charge in [0.2, 0.25) is 0 Å². The van der Waals surface area contributed by atoms with Crippen LogP contribution in [0.3, 0.4) is 0 Å². The van der Waals surface area contributed by atoms with Crippen molar-refractivity contribution < 1.29 is 8.42 Å². The minimum atomic E-state index is -3.09. The molecule has 1 unspecified atom stereocenters. The molecule has 1 heterocycles. The van der Waals surface area contributed by atoms with Crippen molar-refractivity contribution in [2.75, 3.05) is 12.0 Å². The molecule has 0 aliphatic heterocycles. The van der Waals surface area contributed by atoms with Crippen molar-refractivity contribution >= 4 is 20.6 Å². The lowest BCUT2D eigenvalue weighted by atomic mass is 10.0. The Morgan fingerprint density at radius 1 is 1.29 bits per heavy atom. The van der Waals surface area contributed by atoms with Crippen molar-refractivity contribution in [3.05, 3.63) is 42.2 Å². The van der Waals surface area contributed by atoms with Crippen LogP contribution in [0.25, 0.3) is 10.8 Å². The summed E-state index contributed by atoms with van der Waals surface area (Å²) in [5, 5.41) is 1.92. The maximum atomic E-state index is 11.3. The van der Waals surface area contributed by atoms with Gasteiger partial charge in [0, 0.05) is 30.1 Å². The first-order chi connectivity index (χ1) is 7.97. The van der Waals surface area contributed by atoms with Crippen LogP contribution in [0.2, 0.25) is 0 Å². The second-order valence-corrected chi connectivity index (χ2v) is 6.33. The molecule has 4 nitrogen and oxygen atoms in total. The summed E-state index contributed by atoms with van der Waals surface area (Å²) in [4.78, 5) is 4.09. The summed E-state index contributed by atoms with van der Waals surface area (Å²) in [5.74, 6) is -0.0668. The van der Waals surface area contributed by atoms with Gasteiger partial charge in [-0.1, -0.05) is 24.3 Å². The Morgan fingerprint density at radius 2 is 2.00 bits per heavy atom. The molecule has 0 bridgehead atoms. The van der Waals surface area contributed by atoms with Crippen molar-refractivity contribution in [3.8, 4) is 0 Å². The van der Waals surface area contributed by atoms with E-state index in [1.54, 1.807) is 12.4 Å². The molecule has 2 aromatic rings. The lowest BCUT2D eigenvalue weighted by molar-refractivity contribution is 0.595. The predicted octanol–water partition coefficient (Wildman–Crippen LogP) is 1.28. The van der Waals surface area contributed by atoms with Gasteiger partial charge in [0.1, 0.15) is 9.84 Å². The van der Waals surface area contributed by atoms with Crippen molar-refractivity contribution in [3.63, 3.8) is 0 Å². The molecule has 0 fully saturated rings. The molecule has 0 radical (unpaired) electrons. The average molecular weight is 250 g/mol. The highest BCUT2D eigenvalue weighted by Crippen LogP contribution is 2.22. The van der Waals surface area contributed by atoms with Gasteiger partial charge in [-0.05, 0) is 10.9 Å². The lowest BCUT2D eigenvalue weighted by Gasteiger charge is -2.12. The van der Waals surface area contributed by atoms with Gasteiger partial charge in [0.25, 0.3) is 0 Å². The summed E-state index contributed by atoms with van der Waals surface area (Å²) in [6.45, 7) is 0. The molecule has 90 valence electrons. The second kappa shape index (κ2) is 4.43. The molecule has 0 amide bonds. The number of aromatic nitrogens is 1. The summed E-state index contributed by atoms with van der Waals surface area (Å²) in [5.41, 5.74) is 6.70. The predicted molar refractivity (Wildman–Crippen MR) is 68.4 cm³/mol. The van der Waals surface area contributed by atoms with Crippen LogP contribution in [-0.4, -0.2) is 25.4 Å². The lowest BCUT2D eigenvalue weighted by Crippen LogP contribution is -2.21. The molecule has 1 aromatic heterocycles. The Labute approximate surface area is 100 Å². The number of nitrogens with zero attached hydrogens (tertiary/aromatic N) is 1. The van der Waals surface area contributed by atoms with Crippen LogP contribution in [0.1, 0.15) is 11.6 Å². The highest BCUT2D eigenvalue weighted by Gasteiger charge is 2.15. The maximum absolute atomic E-state index is 11.3. The molecule has 17 heavy (non-hydrogen) atoms. The standard InChI is InChI=1S/C12H14N2O2S/c1-17(15,16)8-12(13)11-7-14-6-9-4-2-3-5-10(9)11/h2-7,12H,8,13H2,1H3. The van der Waals surface area contributed by atoms with Gasteiger partial charge in [0.05, 0.1) is 5.75 Å². The van der Waals surface area contributed by atoms with Crippen LogP contribution in [-0.2, 0) is 9.84 Å². The van der Waals surface area contributed by atoms with E-state index in [1.165, 1.54) is 6.26 Å². The van der Waals surface area contributed by atoms with Crippen molar-refractivity contribution in [1.82, 2.24) is 4.98 Å². The van der Waals surface area contributed by atoms with E-state index in [9.17, 15) is 8.42 Å². The van der Waals surface area contributed by atoms with E-state index in [0.717, 1.165) is 16.3 Å². The summed E-state index contributed by atoms with van der Waals surface area (Å²) in [6, 6.07) is 7.13. The molecule has 0 spiro atoms. The van der Waals surface area contributed by atoms with E-state index in [1.807, 2.05) is 24.3 Å². The zero-order chi connectivity index (χ0) is 12.5. The fraction of sp³-hybridized carbons (Fsp3) is 0.250. The molecule has 0 aliphatic carbocycles. The molecule has 2 rings (SSSR count). The maximum Gasteiger partial charge on any atom is 0.149 e. The Morgan fingerprint density at radius 3 is 2.71 bits per heavy atom. The third-order valence-electron chi connectivity index (χ3n) is 2.58. The summed E-state index contributed by atoms with van der Waals surface area (Å²) < 4.78 is 22.5. The molecular formula is C12H14N2O2S. The van der Waals surface area contributed by atoms with E-state index in [-0.39, 0.29) is 5.75 Å². The molecule has 0 aliphatic rings. The Bertz CT molecular complexity index is 633. The summed E-state index contributed by atoms with van der Waals surface area (Å²) >= 11 is 0. The topological polar surface area (TPSA) is 73.0 Å². The van der Waals surface area contributed by atoms with Gasteiger partial charge in [-0.3, -0.25) is 4.98 Å². The van der Waals surface area contributed by atoms with Crippen LogP contribution in [0.5, 0.6) is 0 Å². The quantitative estimate of drug-likeness (QED) is 0.890. The van der Waals surface area contributed by atoms with Crippen LogP contribution >= 0.6 is 0 Å². The van der Waals surface area contributed by atoms with Gasteiger partial charge in [0.15, 0.2) is 0 Å². The Kier molecular flexibility index (Phi) is 3.13. The van der Waals surface area contributed by atoms with E-state index < -0.39 is 15.9 Å². The number of pyridine rings is 1. The summed E-state index contributed by atoms with van der Waals surface area (Å²) in [7, 11) is -3.09. The Balaban J connectivity index is 2.48. The van der Waals surface area contributed by atoms with Gasteiger partial charge in [-0.15, -0.1) is 0 Å². The Hall–Kier alpha value is -1.46.